The van der Waals surface area contributed by atoms with Crippen LogP contribution in [0.3, 0.4) is 0 Å². The molecule has 0 spiro atoms. The highest BCUT2D eigenvalue weighted by molar-refractivity contribution is 5.79. The lowest BCUT2D eigenvalue weighted by Crippen LogP contribution is -2.04. The van der Waals surface area contributed by atoms with Crippen molar-refractivity contribution in [3.63, 3.8) is 0 Å². The zero-order valence-corrected chi connectivity index (χ0v) is 15.4. The summed E-state index contributed by atoms with van der Waals surface area (Å²) in [5.41, 5.74) is 22.0. The van der Waals surface area contributed by atoms with E-state index >= 15 is 0 Å². The third-order valence-corrected chi connectivity index (χ3v) is 4.31. The Bertz CT molecular complexity index is 988. The van der Waals surface area contributed by atoms with E-state index in [9.17, 15) is 5.11 Å². The minimum atomic E-state index is 0.120. The first kappa shape index (κ1) is 18.3. The van der Waals surface area contributed by atoms with Crippen LogP contribution in [0.25, 0.3) is 11.1 Å². The van der Waals surface area contributed by atoms with Crippen molar-refractivity contribution in [1.82, 2.24) is 9.97 Å². The van der Waals surface area contributed by atoms with Crippen LogP contribution in [0.15, 0.2) is 36.5 Å². The van der Waals surface area contributed by atoms with Crippen molar-refractivity contribution in [1.29, 1.82) is 0 Å². The predicted molar refractivity (Wildman–Crippen MR) is 108 cm³/mol. The normalized spacial score (nSPS) is 10.7. The molecule has 0 saturated heterocycles. The highest BCUT2D eigenvalue weighted by Gasteiger charge is 2.16. The number of aromatic nitrogens is 2. The fourth-order valence-electron chi connectivity index (χ4n) is 2.94. The van der Waals surface area contributed by atoms with Gasteiger partial charge >= 0.3 is 0 Å². The lowest BCUT2D eigenvalue weighted by Gasteiger charge is -2.16. The molecule has 0 saturated carbocycles. The van der Waals surface area contributed by atoms with Crippen LogP contribution in [-0.4, -0.2) is 21.7 Å². The third kappa shape index (κ3) is 3.87. The highest BCUT2D eigenvalue weighted by atomic mass is 16.5. The number of nitrogens with two attached hydrogens (primary N) is 3. The van der Waals surface area contributed by atoms with Gasteiger partial charge in [0.25, 0.3) is 0 Å². The smallest absolute Gasteiger partial charge is 0.221 e. The molecule has 1 aromatic heterocycles. The van der Waals surface area contributed by atoms with Crippen LogP contribution in [-0.2, 0) is 6.42 Å². The number of nitrogen functional groups attached to an aromatic ring is 3. The number of benzene rings is 2. The van der Waals surface area contributed by atoms with Crippen LogP contribution in [0.5, 0.6) is 11.5 Å². The molecule has 0 aliphatic heterocycles. The van der Waals surface area contributed by atoms with Crippen molar-refractivity contribution >= 4 is 17.5 Å². The number of rotatable bonds is 5. The van der Waals surface area contributed by atoms with Crippen LogP contribution in [0.4, 0.5) is 17.5 Å². The zero-order valence-electron chi connectivity index (χ0n) is 15.4. The number of ether oxygens (including phenoxy) is 1. The Kier molecular flexibility index (Phi) is 5.03. The van der Waals surface area contributed by atoms with Gasteiger partial charge in [0.1, 0.15) is 17.3 Å². The molecule has 7 heteroatoms. The van der Waals surface area contributed by atoms with Crippen molar-refractivity contribution < 1.29 is 9.84 Å². The Morgan fingerprint density at radius 2 is 1.89 bits per heavy atom. The number of anilines is 3. The number of aromatic hydroxyl groups is 1. The first-order valence-corrected chi connectivity index (χ1v) is 8.61. The van der Waals surface area contributed by atoms with E-state index in [0.29, 0.717) is 35.8 Å². The van der Waals surface area contributed by atoms with Gasteiger partial charge in [0.05, 0.1) is 12.2 Å². The molecule has 0 radical (unpaired) electrons. The maximum Gasteiger partial charge on any atom is 0.221 e. The molecule has 7 nitrogen and oxygen atoms in total. The Labute approximate surface area is 157 Å². The monoisotopic (exact) mass is 365 g/mol. The van der Waals surface area contributed by atoms with Gasteiger partial charge in [-0.2, -0.15) is 4.98 Å². The number of hydrogen-bond acceptors (Lipinski definition) is 7. The topological polar surface area (TPSA) is 133 Å². The lowest BCUT2D eigenvalue weighted by molar-refractivity contribution is 0.339. The second-order valence-corrected chi connectivity index (χ2v) is 6.31. The van der Waals surface area contributed by atoms with E-state index in [-0.39, 0.29) is 11.7 Å². The van der Waals surface area contributed by atoms with Crippen molar-refractivity contribution in [2.45, 2.75) is 20.3 Å². The molecule has 7 N–H and O–H groups in total. The summed E-state index contributed by atoms with van der Waals surface area (Å²) in [5, 5.41) is 10.7. The third-order valence-electron chi connectivity index (χ3n) is 4.31. The van der Waals surface area contributed by atoms with E-state index in [2.05, 4.69) is 9.97 Å². The van der Waals surface area contributed by atoms with Crippen molar-refractivity contribution in [3.05, 3.63) is 53.2 Å². The Morgan fingerprint density at radius 3 is 2.56 bits per heavy atom. The molecule has 3 aromatic rings. The van der Waals surface area contributed by atoms with Gasteiger partial charge in [0.15, 0.2) is 0 Å². The van der Waals surface area contributed by atoms with Gasteiger partial charge in [-0.3, -0.25) is 0 Å². The van der Waals surface area contributed by atoms with E-state index in [1.807, 2.05) is 38.1 Å². The summed E-state index contributed by atoms with van der Waals surface area (Å²) in [4.78, 5) is 7.95. The Hall–Kier alpha value is -3.48. The minimum Gasteiger partial charge on any atom is -0.507 e. The molecule has 2 aromatic carbocycles. The molecule has 0 aliphatic rings. The SMILES string of the molecule is CCOc1cc(Cc2cnc(N)nc2N)cc(O)c1-c1ccc(N)c(C)c1. The van der Waals surface area contributed by atoms with Crippen LogP contribution in [0.1, 0.15) is 23.6 Å². The van der Waals surface area contributed by atoms with Crippen LogP contribution in [0.2, 0.25) is 0 Å². The van der Waals surface area contributed by atoms with Crippen LogP contribution in [0, 0.1) is 6.92 Å². The fraction of sp³-hybridized carbons (Fsp3) is 0.200. The van der Waals surface area contributed by atoms with E-state index in [0.717, 1.165) is 22.3 Å². The Balaban J connectivity index is 2.05. The second-order valence-electron chi connectivity index (χ2n) is 6.31. The first-order valence-electron chi connectivity index (χ1n) is 8.61. The quantitative estimate of drug-likeness (QED) is 0.511. The summed E-state index contributed by atoms with van der Waals surface area (Å²) in [6.07, 6.45) is 2.03. The molecule has 0 bridgehead atoms. The van der Waals surface area contributed by atoms with E-state index in [1.165, 1.54) is 0 Å². The maximum absolute atomic E-state index is 10.7. The second kappa shape index (κ2) is 7.41. The standard InChI is InChI=1S/C20H23N5O2/c1-3-27-17-9-12(7-14-10-24-20(23)25-19(14)22)8-16(26)18(17)13-4-5-15(21)11(2)6-13/h4-6,8-10,26H,3,7,21H2,1-2H3,(H4,22,23,24,25). The fourth-order valence-corrected chi connectivity index (χ4v) is 2.94. The number of aryl methyl sites for hydroxylation is 1. The summed E-state index contributed by atoms with van der Waals surface area (Å²) >= 11 is 0. The predicted octanol–water partition coefficient (Wildman–Crippen LogP) is 2.89. The van der Waals surface area contributed by atoms with E-state index < -0.39 is 0 Å². The summed E-state index contributed by atoms with van der Waals surface area (Å²) < 4.78 is 5.80. The first-order chi connectivity index (χ1) is 12.9. The maximum atomic E-state index is 10.7. The number of nitrogens with zero attached hydrogens (tertiary/aromatic N) is 2. The molecular weight excluding hydrogens is 342 g/mol. The van der Waals surface area contributed by atoms with Gasteiger partial charge in [0.2, 0.25) is 5.95 Å². The van der Waals surface area contributed by atoms with Crippen LogP contribution >= 0.6 is 0 Å². The van der Waals surface area contributed by atoms with Crippen molar-refractivity contribution in [2.75, 3.05) is 23.8 Å². The van der Waals surface area contributed by atoms with Crippen LogP contribution < -0.4 is 21.9 Å². The highest BCUT2D eigenvalue weighted by Crippen LogP contribution is 2.40. The summed E-state index contributed by atoms with van der Waals surface area (Å²) in [7, 11) is 0. The molecule has 0 fully saturated rings. The zero-order chi connectivity index (χ0) is 19.6. The molecule has 3 rings (SSSR count). The molecule has 0 atom stereocenters. The van der Waals surface area contributed by atoms with Gasteiger partial charge in [-0.1, -0.05) is 6.07 Å². The van der Waals surface area contributed by atoms with Crippen molar-refractivity contribution in [3.8, 4) is 22.6 Å². The van der Waals surface area contributed by atoms with Crippen molar-refractivity contribution in [2.24, 2.45) is 0 Å². The molecular formula is C20H23N5O2. The Morgan fingerprint density at radius 1 is 1.11 bits per heavy atom. The van der Waals surface area contributed by atoms with Gasteiger partial charge < -0.3 is 27.0 Å². The number of phenolic OH excluding ortho intramolecular Hbond substituents is 1. The van der Waals surface area contributed by atoms with E-state index in [1.54, 1.807) is 12.3 Å². The van der Waals surface area contributed by atoms with Gasteiger partial charge in [-0.25, -0.2) is 4.98 Å². The summed E-state index contributed by atoms with van der Waals surface area (Å²) in [6.45, 7) is 4.29. The number of phenols is 1. The van der Waals surface area contributed by atoms with Gasteiger partial charge in [-0.05, 0) is 54.8 Å². The summed E-state index contributed by atoms with van der Waals surface area (Å²) in [6, 6.07) is 9.20. The van der Waals surface area contributed by atoms with E-state index in [4.69, 9.17) is 21.9 Å². The van der Waals surface area contributed by atoms with Gasteiger partial charge in [-0.15, -0.1) is 0 Å². The molecule has 1 heterocycles. The average Bonchev–Trinajstić information content (AvgIpc) is 2.60. The summed E-state index contributed by atoms with van der Waals surface area (Å²) in [5.74, 6) is 1.16. The average molecular weight is 365 g/mol. The lowest BCUT2D eigenvalue weighted by atomic mass is 9.97. The molecule has 0 unspecified atom stereocenters. The molecule has 27 heavy (non-hydrogen) atoms. The minimum absolute atomic E-state index is 0.120. The molecule has 0 amide bonds. The molecule has 140 valence electrons. The molecule has 0 aliphatic carbocycles. The number of hydrogen-bond donors (Lipinski definition) is 4. The van der Waals surface area contributed by atoms with Gasteiger partial charge in [0, 0.05) is 23.9 Å². The largest absolute Gasteiger partial charge is 0.507 e.